The number of aryl methyl sites for hydroxylation is 1. The molecule has 144 valence electrons. The van der Waals surface area contributed by atoms with Crippen LogP contribution in [0.3, 0.4) is 0 Å². The minimum absolute atomic E-state index is 0.0142. The Morgan fingerprint density at radius 1 is 1.21 bits per heavy atom. The van der Waals surface area contributed by atoms with Crippen LogP contribution in [-0.2, 0) is 18.0 Å². The fourth-order valence-corrected chi connectivity index (χ4v) is 2.41. The van der Waals surface area contributed by atoms with E-state index in [4.69, 9.17) is 14.5 Å². The summed E-state index contributed by atoms with van der Waals surface area (Å²) < 4.78 is 6.35. The van der Waals surface area contributed by atoms with E-state index in [-0.39, 0.29) is 18.2 Å². The van der Waals surface area contributed by atoms with Gasteiger partial charge in [0.2, 0.25) is 5.82 Å². The number of pyridine rings is 1. The number of hydrogen-bond acceptors (Lipinski definition) is 7. The molecule has 2 N–H and O–H groups in total. The van der Waals surface area contributed by atoms with Gasteiger partial charge in [0.05, 0.1) is 12.2 Å². The fraction of sp³-hybridized carbons (Fsp3) is 0.167. The van der Waals surface area contributed by atoms with E-state index in [1.807, 2.05) is 25.1 Å². The van der Waals surface area contributed by atoms with Gasteiger partial charge in [0.15, 0.2) is 12.3 Å². The highest BCUT2D eigenvalue weighted by molar-refractivity contribution is 6.10. The second-order valence-electron chi connectivity index (χ2n) is 5.51. The third kappa shape index (κ3) is 4.61. The van der Waals surface area contributed by atoms with Gasteiger partial charge in [-0.1, -0.05) is 41.6 Å². The quantitative estimate of drug-likeness (QED) is 0.472. The molecule has 3 aromatic rings. The first-order valence-electron chi connectivity index (χ1n) is 8.36. The van der Waals surface area contributed by atoms with E-state index in [2.05, 4.69) is 20.4 Å². The Kier molecular flexibility index (Phi) is 5.80. The third-order valence-corrected chi connectivity index (χ3v) is 3.58. The van der Waals surface area contributed by atoms with Crippen LogP contribution >= 0.6 is 0 Å². The maximum absolute atomic E-state index is 11.6. The smallest absolute Gasteiger partial charge is 0.460 e. The van der Waals surface area contributed by atoms with Crippen molar-refractivity contribution < 1.29 is 19.3 Å². The predicted octanol–water partition coefficient (Wildman–Crippen LogP) is 2.31. The van der Waals surface area contributed by atoms with Gasteiger partial charge in [0.1, 0.15) is 5.82 Å². The summed E-state index contributed by atoms with van der Waals surface area (Å²) in [5.41, 5.74) is 1.48. The lowest BCUT2D eigenvalue weighted by atomic mass is 10.1. The molecule has 0 spiro atoms. The van der Waals surface area contributed by atoms with Gasteiger partial charge in [-0.15, -0.1) is 0 Å². The number of nitrogens with one attached hydrogen (secondary N) is 1. The van der Waals surface area contributed by atoms with Crippen molar-refractivity contribution in [2.24, 2.45) is 5.16 Å². The number of carboxylic acid groups (broad SMARTS) is 1. The molecule has 0 bridgehead atoms. The van der Waals surface area contributed by atoms with Crippen LogP contribution in [0.2, 0.25) is 0 Å². The summed E-state index contributed by atoms with van der Waals surface area (Å²) in [7, 11) is 0. The van der Waals surface area contributed by atoms with Crippen molar-refractivity contribution in [1.29, 1.82) is 0 Å². The number of carbonyl (C=O) groups is 1. The molecular formula is C18H17N5O5. The summed E-state index contributed by atoms with van der Waals surface area (Å²) in [4.78, 5) is 35.7. The molecular weight excluding hydrogens is 366 g/mol. The predicted molar refractivity (Wildman–Crippen MR) is 99.2 cm³/mol. The minimum Gasteiger partial charge on any atom is -0.465 e. The highest BCUT2D eigenvalue weighted by Gasteiger charge is 2.17. The maximum Gasteiger partial charge on any atom is 0.460 e. The second kappa shape index (κ2) is 8.62. The number of oxime groups is 1. The molecule has 0 atom stereocenters. The van der Waals surface area contributed by atoms with Gasteiger partial charge in [0.25, 0.3) is 0 Å². The molecule has 2 aromatic heterocycles. The number of hydrogen-bond donors (Lipinski definition) is 2. The first-order valence-corrected chi connectivity index (χ1v) is 8.36. The molecule has 10 nitrogen and oxygen atoms in total. The molecule has 0 unspecified atom stereocenters. The van der Waals surface area contributed by atoms with E-state index in [1.54, 1.807) is 24.3 Å². The summed E-state index contributed by atoms with van der Waals surface area (Å²) in [5, 5.41) is 15.1. The zero-order valence-electron chi connectivity index (χ0n) is 14.9. The Morgan fingerprint density at radius 3 is 2.71 bits per heavy atom. The Balaban J connectivity index is 1.86. The lowest BCUT2D eigenvalue weighted by Gasteiger charge is -2.07. The number of aromatic nitrogens is 3. The van der Waals surface area contributed by atoms with Gasteiger partial charge in [-0.3, -0.25) is 5.32 Å². The highest BCUT2D eigenvalue weighted by Crippen LogP contribution is 2.11. The molecule has 0 aliphatic carbocycles. The van der Waals surface area contributed by atoms with Crippen LogP contribution in [0.15, 0.2) is 63.0 Å². The van der Waals surface area contributed by atoms with Crippen molar-refractivity contribution in [3.63, 3.8) is 0 Å². The molecule has 1 amide bonds. The van der Waals surface area contributed by atoms with Crippen molar-refractivity contribution in [2.75, 3.05) is 5.32 Å². The molecule has 0 aliphatic heterocycles. The molecule has 0 saturated carbocycles. The van der Waals surface area contributed by atoms with Crippen LogP contribution in [0, 0.1) is 0 Å². The average Bonchev–Trinajstić information content (AvgIpc) is 3.06. The largest absolute Gasteiger partial charge is 0.465 e. The molecule has 0 fully saturated rings. The van der Waals surface area contributed by atoms with Gasteiger partial charge in [-0.05, 0) is 19.1 Å². The van der Waals surface area contributed by atoms with Gasteiger partial charge >= 0.3 is 11.8 Å². The van der Waals surface area contributed by atoms with E-state index in [9.17, 15) is 9.59 Å². The van der Waals surface area contributed by atoms with Crippen molar-refractivity contribution in [1.82, 2.24) is 14.7 Å². The van der Waals surface area contributed by atoms with Gasteiger partial charge < -0.3 is 14.5 Å². The normalized spacial score (nSPS) is 11.2. The summed E-state index contributed by atoms with van der Waals surface area (Å²) in [6, 6.07) is 13.9. The van der Waals surface area contributed by atoms with Crippen LogP contribution in [0.25, 0.3) is 0 Å². The maximum atomic E-state index is 11.6. The molecule has 0 aliphatic rings. The Morgan fingerprint density at radius 2 is 2.00 bits per heavy atom. The summed E-state index contributed by atoms with van der Waals surface area (Å²) >= 11 is 0. The summed E-state index contributed by atoms with van der Waals surface area (Å²) in [6.45, 7) is 2.18. The van der Waals surface area contributed by atoms with E-state index < -0.39 is 11.8 Å². The first kappa shape index (κ1) is 18.8. The highest BCUT2D eigenvalue weighted by atomic mass is 16.6. The molecule has 0 saturated heterocycles. The van der Waals surface area contributed by atoms with Crippen molar-refractivity contribution in [3.05, 3.63) is 76.2 Å². The van der Waals surface area contributed by atoms with E-state index >= 15 is 0 Å². The fourth-order valence-electron chi connectivity index (χ4n) is 2.41. The SMILES string of the molecule is CCn1oc(=O)nc1/C(=N\OCc1cccc(NC(=O)O)n1)c1ccccc1. The number of nitrogens with zero attached hydrogens (tertiary/aromatic N) is 4. The lowest BCUT2D eigenvalue weighted by Crippen LogP contribution is -2.13. The monoisotopic (exact) mass is 383 g/mol. The lowest BCUT2D eigenvalue weighted by molar-refractivity contribution is 0.127. The van der Waals surface area contributed by atoms with Crippen LogP contribution in [-0.4, -0.2) is 31.6 Å². The van der Waals surface area contributed by atoms with E-state index in [0.29, 0.717) is 23.5 Å². The zero-order chi connectivity index (χ0) is 19.9. The summed E-state index contributed by atoms with van der Waals surface area (Å²) in [5.74, 6) is -0.306. The Bertz CT molecular complexity index is 1040. The van der Waals surface area contributed by atoms with Crippen LogP contribution in [0.5, 0.6) is 0 Å². The molecule has 10 heteroatoms. The van der Waals surface area contributed by atoms with Crippen LogP contribution in [0.1, 0.15) is 24.0 Å². The Hall–Kier alpha value is -3.95. The first-order chi connectivity index (χ1) is 13.6. The second-order valence-corrected chi connectivity index (χ2v) is 5.51. The third-order valence-electron chi connectivity index (χ3n) is 3.58. The molecule has 2 heterocycles. The average molecular weight is 383 g/mol. The van der Waals surface area contributed by atoms with Gasteiger partial charge in [-0.25, -0.2) is 14.6 Å². The number of rotatable bonds is 7. The number of benzene rings is 1. The van der Waals surface area contributed by atoms with E-state index in [1.165, 1.54) is 10.8 Å². The van der Waals surface area contributed by atoms with Crippen molar-refractivity contribution in [3.8, 4) is 0 Å². The van der Waals surface area contributed by atoms with Gasteiger partial charge in [0, 0.05) is 5.56 Å². The standard InChI is InChI=1S/C18H17N5O5/c1-2-23-16(21-18(26)28-23)15(12-7-4-3-5-8-12)22-27-11-13-9-6-10-14(19-13)20-17(24)25/h3-10H,2,11H2,1H3,(H,19,20)(H,24,25)/b22-15-. The number of amides is 1. The van der Waals surface area contributed by atoms with Crippen molar-refractivity contribution >= 4 is 17.6 Å². The summed E-state index contributed by atoms with van der Waals surface area (Å²) in [6.07, 6.45) is -1.21. The topological polar surface area (TPSA) is 132 Å². The molecule has 0 radical (unpaired) electrons. The molecule has 28 heavy (non-hydrogen) atoms. The van der Waals surface area contributed by atoms with Crippen molar-refractivity contribution in [2.45, 2.75) is 20.1 Å². The van der Waals surface area contributed by atoms with E-state index in [0.717, 1.165) is 0 Å². The Labute approximate surface area is 159 Å². The zero-order valence-corrected chi connectivity index (χ0v) is 14.9. The van der Waals surface area contributed by atoms with Crippen LogP contribution < -0.4 is 11.1 Å². The van der Waals surface area contributed by atoms with Gasteiger partial charge in [-0.2, -0.15) is 9.72 Å². The minimum atomic E-state index is -1.21. The molecule has 1 aromatic carbocycles. The van der Waals surface area contributed by atoms with Crippen LogP contribution in [0.4, 0.5) is 10.6 Å². The molecule has 3 rings (SSSR count). The number of anilines is 1.